The standard InChI is InChI=1S/C16H10N2/c1-2-13-3-5-14(6-4-13)11-16(12-17)15-7-9-18-10-8-15/h1,3-11H/b16-11+. The zero-order valence-electron chi connectivity index (χ0n) is 9.67. The van der Waals surface area contributed by atoms with E-state index in [2.05, 4.69) is 17.0 Å². The summed E-state index contributed by atoms with van der Waals surface area (Å²) >= 11 is 0. The normalized spacial score (nSPS) is 10.4. The molecule has 0 aliphatic heterocycles. The van der Waals surface area contributed by atoms with Gasteiger partial charge in [0, 0.05) is 18.0 Å². The van der Waals surface area contributed by atoms with Crippen molar-refractivity contribution in [3.05, 3.63) is 65.5 Å². The van der Waals surface area contributed by atoms with Crippen LogP contribution in [0.1, 0.15) is 16.7 Å². The van der Waals surface area contributed by atoms with Crippen molar-refractivity contribution < 1.29 is 0 Å². The van der Waals surface area contributed by atoms with Gasteiger partial charge in [0.15, 0.2) is 0 Å². The molecule has 1 aromatic carbocycles. The highest BCUT2D eigenvalue weighted by Crippen LogP contribution is 2.17. The lowest BCUT2D eigenvalue weighted by molar-refractivity contribution is 1.32. The first-order chi connectivity index (χ1) is 8.83. The zero-order valence-corrected chi connectivity index (χ0v) is 9.67. The van der Waals surface area contributed by atoms with E-state index >= 15 is 0 Å². The first-order valence-corrected chi connectivity index (χ1v) is 5.42. The average Bonchev–Trinajstić information content (AvgIpc) is 2.46. The molecule has 0 radical (unpaired) electrons. The lowest BCUT2D eigenvalue weighted by atomic mass is 10.0. The van der Waals surface area contributed by atoms with Gasteiger partial charge in [-0.1, -0.05) is 18.1 Å². The average molecular weight is 230 g/mol. The van der Waals surface area contributed by atoms with Crippen LogP contribution in [-0.2, 0) is 0 Å². The minimum Gasteiger partial charge on any atom is -0.265 e. The van der Waals surface area contributed by atoms with Crippen LogP contribution in [0.15, 0.2) is 48.8 Å². The van der Waals surface area contributed by atoms with Gasteiger partial charge >= 0.3 is 0 Å². The zero-order chi connectivity index (χ0) is 12.8. The summed E-state index contributed by atoms with van der Waals surface area (Å²) < 4.78 is 0. The third-order valence-electron chi connectivity index (χ3n) is 2.50. The number of benzene rings is 1. The van der Waals surface area contributed by atoms with Crippen molar-refractivity contribution in [2.75, 3.05) is 0 Å². The number of pyridine rings is 1. The minimum absolute atomic E-state index is 0.603. The third-order valence-corrected chi connectivity index (χ3v) is 2.50. The van der Waals surface area contributed by atoms with Crippen LogP contribution in [0.2, 0.25) is 0 Å². The SMILES string of the molecule is C#Cc1ccc(/C=C(\C#N)c2ccncc2)cc1. The number of aromatic nitrogens is 1. The number of terminal acetylenes is 1. The Balaban J connectivity index is 2.36. The molecule has 2 rings (SSSR count). The number of hydrogen-bond acceptors (Lipinski definition) is 2. The molecule has 0 amide bonds. The van der Waals surface area contributed by atoms with Gasteiger partial charge in [-0.25, -0.2) is 0 Å². The van der Waals surface area contributed by atoms with Gasteiger partial charge in [-0.15, -0.1) is 6.42 Å². The molecule has 0 aliphatic carbocycles. The summed E-state index contributed by atoms with van der Waals surface area (Å²) in [5, 5.41) is 9.17. The van der Waals surface area contributed by atoms with Gasteiger partial charge in [-0.3, -0.25) is 4.98 Å². The summed E-state index contributed by atoms with van der Waals surface area (Å²) in [6.07, 6.45) is 10.5. The van der Waals surface area contributed by atoms with E-state index in [-0.39, 0.29) is 0 Å². The fraction of sp³-hybridized carbons (Fsp3) is 0. The Labute approximate surface area is 106 Å². The van der Waals surface area contributed by atoms with Crippen LogP contribution in [0.5, 0.6) is 0 Å². The van der Waals surface area contributed by atoms with Crippen LogP contribution < -0.4 is 0 Å². The minimum atomic E-state index is 0.603. The maximum Gasteiger partial charge on any atom is 0.0998 e. The van der Waals surface area contributed by atoms with Crippen molar-refractivity contribution in [1.82, 2.24) is 4.98 Å². The summed E-state index contributed by atoms with van der Waals surface area (Å²) in [5.74, 6) is 2.56. The third kappa shape index (κ3) is 2.64. The van der Waals surface area contributed by atoms with Crippen LogP contribution >= 0.6 is 0 Å². The Hall–Kier alpha value is -2.84. The van der Waals surface area contributed by atoms with E-state index in [0.29, 0.717) is 5.57 Å². The molecule has 0 unspecified atom stereocenters. The summed E-state index contributed by atoms with van der Waals surface area (Å²) in [6, 6.07) is 13.3. The first-order valence-electron chi connectivity index (χ1n) is 5.42. The molecule has 0 fully saturated rings. The summed E-state index contributed by atoms with van der Waals surface area (Å²) in [4.78, 5) is 3.93. The van der Waals surface area contributed by atoms with Crippen LogP contribution in [0.4, 0.5) is 0 Å². The predicted molar refractivity (Wildman–Crippen MR) is 72.1 cm³/mol. The molecule has 2 aromatic rings. The maximum absolute atomic E-state index is 9.17. The molecular formula is C16H10N2. The van der Waals surface area contributed by atoms with E-state index in [1.165, 1.54) is 0 Å². The molecule has 0 saturated heterocycles. The van der Waals surface area contributed by atoms with Crippen molar-refractivity contribution in [1.29, 1.82) is 5.26 Å². The van der Waals surface area contributed by atoms with E-state index in [1.807, 2.05) is 42.5 Å². The van der Waals surface area contributed by atoms with Gasteiger partial charge in [-0.05, 0) is 41.5 Å². The quantitative estimate of drug-likeness (QED) is 0.587. The number of hydrogen-bond donors (Lipinski definition) is 0. The molecule has 0 bridgehead atoms. The summed E-state index contributed by atoms with van der Waals surface area (Å²) in [5.41, 5.74) is 3.23. The van der Waals surface area contributed by atoms with Crippen LogP contribution in [0, 0.1) is 23.7 Å². The lowest BCUT2D eigenvalue weighted by Gasteiger charge is -1.99. The van der Waals surface area contributed by atoms with Crippen molar-refractivity contribution >= 4 is 11.6 Å². The van der Waals surface area contributed by atoms with E-state index in [1.54, 1.807) is 12.4 Å². The molecule has 0 aliphatic rings. The molecule has 1 heterocycles. The molecule has 0 spiro atoms. The Morgan fingerprint density at radius 2 is 1.78 bits per heavy atom. The van der Waals surface area contributed by atoms with E-state index in [9.17, 15) is 5.26 Å². The molecular weight excluding hydrogens is 220 g/mol. The second kappa shape index (κ2) is 5.48. The highest BCUT2D eigenvalue weighted by molar-refractivity contribution is 5.89. The molecule has 2 heteroatoms. The molecule has 84 valence electrons. The molecule has 0 N–H and O–H groups in total. The van der Waals surface area contributed by atoms with Gasteiger partial charge in [0.2, 0.25) is 0 Å². The Morgan fingerprint density at radius 1 is 1.11 bits per heavy atom. The number of nitrogens with zero attached hydrogens (tertiary/aromatic N) is 2. The number of nitriles is 1. The van der Waals surface area contributed by atoms with Crippen molar-refractivity contribution in [3.63, 3.8) is 0 Å². The first kappa shape index (κ1) is 11.6. The molecule has 1 aromatic heterocycles. The highest BCUT2D eigenvalue weighted by atomic mass is 14.6. The van der Waals surface area contributed by atoms with Crippen molar-refractivity contribution in [2.24, 2.45) is 0 Å². The van der Waals surface area contributed by atoms with Crippen LogP contribution in [0.3, 0.4) is 0 Å². The Morgan fingerprint density at radius 3 is 2.33 bits per heavy atom. The van der Waals surface area contributed by atoms with Crippen molar-refractivity contribution in [2.45, 2.75) is 0 Å². The van der Waals surface area contributed by atoms with Gasteiger partial charge < -0.3 is 0 Å². The van der Waals surface area contributed by atoms with Gasteiger partial charge in [0.05, 0.1) is 11.6 Å². The lowest BCUT2D eigenvalue weighted by Crippen LogP contribution is -1.83. The van der Waals surface area contributed by atoms with Gasteiger partial charge in [-0.2, -0.15) is 5.26 Å². The second-order valence-electron chi connectivity index (χ2n) is 3.67. The fourth-order valence-electron chi connectivity index (χ4n) is 1.55. The largest absolute Gasteiger partial charge is 0.265 e. The Bertz CT molecular complexity index is 638. The van der Waals surface area contributed by atoms with Crippen LogP contribution in [-0.4, -0.2) is 4.98 Å². The topological polar surface area (TPSA) is 36.7 Å². The number of allylic oxidation sites excluding steroid dienone is 1. The molecule has 0 atom stereocenters. The molecule has 0 saturated carbocycles. The maximum atomic E-state index is 9.17. The molecule has 18 heavy (non-hydrogen) atoms. The van der Waals surface area contributed by atoms with E-state index in [4.69, 9.17) is 6.42 Å². The summed E-state index contributed by atoms with van der Waals surface area (Å²) in [6.45, 7) is 0. The fourth-order valence-corrected chi connectivity index (χ4v) is 1.55. The number of rotatable bonds is 2. The Kier molecular flexibility index (Phi) is 3.54. The van der Waals surface area contributed by atoms with Crippen molar-refractivity contribution in [3.8, 4) is 18.4 Å². The smallest absolute Gasteiger partial charge is 0.0998 e. The highest BCUT2D eigenvalue weighted by Gasteiger charge is 2.00. The predicted octanol–water partition coefficient (Wildman–Crippen LogP) is 3.13. The molecule has 2 nitrogen and oxygen atoms in total. The second-order valence-corrected chi connectivity index (χ2v) is 3.67. The van der Waals surface area contributed by atoms with Gasteiger partial charge in [0.25, 0.3) is 0 Å². The summed E-state index contributed by atoms with van der Waals surface area (Å²) in [7, 11) is 0. The van der Waals surface area contributed by atoms with Gasteiger partial charge in [0.1, 0.15) is 0 Å². The monoisotopic (exact) mass is 230 g/mol. The van der Waals surface area contributed by atoms with Crippen LogP contribution in [0.25, 0.3) is 11.6 Å². The van der Waals surface area contributed by atoms with E-state index < -0.39 is 0 Å². The van der Waals surface area contributed by atoms with E-state index in [0.717, 1.165) is 16.7 Å².